The van der Waals surface area contributed by atoms with Gasteiger partial charge in [0.1, 0.15) is 0 Å². The van der Waals surface area contributed by atoms with Gasteiger partial charge < -0.3 is 14.9 Å². The molecule has 0 fully saturated rings. The highest BCUT2D eigenvalue weighted by Gasteiger charge is 2.05. The normalized spacial score (nSPS) is 9.64. The molecule has 2 aromatic carbocycles. The number of phenolic OH excluding ortho intramolecular Hbond substituents is 2. The number of aryl methyl sites for hydroxylation is 1. The minimum Gasteiger partial charge on any atom is -0.504 e. The third kappa shape index (κ3) is 4.88. The van der Waals surface area contributed by atoms with Gasteiger partial charge in [-0.1, -0.05) is 36.1 Å². The van der Waals surface area contributed by atoms with Gasteiger partial charge >= 0.3 is 5.97 Å². The standard InChI is InChI=1S/C18H16O4/c19-16-10-8-15(13-17(16)20)9-11-18(21)22-12-4-7-14-5-2-1-3-6-14/h1-3,5-6,8,10,13,19-20H,9,11-12H2. The molecule has 4 heteroatoms. The second-order valence-corrected chi connectivity index (χ2v) is 4.65. The van der Waals surface area contributed by atoms with Crippen LogP contribution in [0.2, 0.25) is 0 Å². The van der Waals surface area contributed by atoms with Crippen molar-refractivity contribution in [3.05, 3.63) is 59.7 Å². The van der Waals surface area contributed by atoms with E-state index in [-0.39, 0.29) is 30.5 Å². The van der Waals surface area contributed by atoms with Crippen LogP contribution in [0.4, 0.5) is 0 Å². The largest absolute Gasteiger partial charge is 0.504 e. The van der Waals surface area contributed by atoms with Gasteiger partial charge in [-0.05, 0) is 36.2 Å². The fraction of sp³-hybridized carbons (Fsp3) is 0.167. The number of carbonyl (C=O) groups is 1. The Kier molecular flexibility index (Phi) is 5.44. The lowest BCUT2D eigenvalue weighted by Gasteiger charge is -2.03. The van der Waals surface area contributed by atoms with E-state index >= 15 is 0 Å². The van der Waals surface area contributed by atoms with Crippen molar-refractivity contribution in [2.75, 3.05) is 6.61 Å². The lowest BCUT2D eigenvalue weighted by atomic mass is 10.1. The van der Waals surface area contributed by atoms with Crippen molar-refractivity contribution >= 4 is 5.97 Å². The lowest BCUT2D eigenvalue weighted by Crippen LogP contribution is -2.06. The zero-order valence-electron chi connectivity index (χ0n) is 12.0. The third-order valence-corrected chi connectivity index (χ3v) is 2.97. The summed E-state index contributed by atoms with van der Waals surface area (Å²) in [6.07, 6.45) is 0.621. The van der Waals surface area contributed by atoms with E-state index < -0.39 is 0 Å². The average Bonchev–Trinajstić information content (AvgIpc) is 2.54. The molecule has 0 atom stereocenters. The lowest BCUT2D eigenvalue weighted by molar-refractivity contribution is -0.142. The molecule has 2 rings (SSSR count). The topological polar surface area (TPSA) is 66.8 Å². The maximum absolute atomic E-state index is 11.6. The van der Waals surface area contributed by atoms with E-state index in [4.69, 9.17) is 4.74 Å². The average molecular weight is 296 g/mol. The molecule has 4 nitrogen and oxygen atoms in total. The van der Waals surface area contributed by atoms with Crippen LogP contribution >= 0.6 is 0 Å². The van der Waals surface area contributed by atoms with Crippen LogP contribution in [0.25, 0.3) is 0 Å². The van der Waals surface area contributed by atoms with E-state index in [1.54, 1.807) is 6.07 Å². The van der Waals surface area contributed by atoms with Crippen LogP contribution < -0.4 is 0 Å². The van der Waals surface area contributed by atoms with Gasteiger partial charge in [0.05, 0.1) is 0 Å². The van der Waals surface area contributed by atoms with Crippen molar-refractivity contribution in [2.45, 2.75) is 12.8 Å². The Balaban J connectivity index is 1.74. The molecule has 0 bridgehead atoms. The van der Waals surface area contributed by atoms with Gasteiger partial charge in [-0.3, -0.25) is 4.79 Å². The van der Waals surface area contributed by atoms with Crippen LogP contribution in [0.5, 0.6) is 11.5 Å². The summed E-state index contributed by atoms with van der Waals surface area (Å²) in [5.41, 5.74) is 1.63. The zero-order chi connectivity index (χ0) is 15.8. The van der Waals surface area contributed by atoms with Crippen LogP contribution in [-0.4, -0.2) is 22.8 Å². The van der Waals surface area contributed by atoms with Crippen LogP contribution in [0.15, 0.2) is 48.5 Å². The molecule has 0 aromatic heterocycles. The highest BCUT2D eigenvalue weighted by molar-refractivity contribution is 5.70. The van der Waals surface area contributed by atoms with E-state index in [0.29, 0.717) is 6.42 Å². The molecule has 0 saturated heterocycles. The third-order valence-electron chi connectivity index (χ3n) is 2.97. The molecule has 0 aliphatic rings. The van der Waals surface area contributed by atoms with E-state index in [2.05, 4.69) is 11.8 Å². The van der Waals surface area contributed by atoms with Gasteiger partial charge in [0, 0.05) is 12.0 Å². The van der Waals surface area contributed by atoms with Crippen LogP contribution in [0, 0.1) is 11.8 Å². The molecule has 0 amide bonds. The fourth-order valence-electron chi connectivity index (χ4n) is 1.82. The molecule has 2 N–H and O–H groups in total. The molecule has 0 aliphatic carbocycles. The Labute approximate surface area is 129 Å². The molecule has 0 spiro atoms. The summed E-state index contributed by atoms with van der Waals surface area (Å²) in [7, 11) is 0. The predicted molar refractivity (Wildman–Crippen MR) is 82.4 cm³/mol. The van der Waals surface area contributed by atoms with Crippen molar-refractivity contribution in [1.29, 1.82) is 0 Å². The summed E-state index contributed by atoms with van der Waals surface area (Å²) in [6, 6.07) is 13.9. The maximum atomic E-state index is 11.6. The maximum Gasteiger partial charge on any atom is 0.307 e. The molecule has 0 heterocycles. The first-order valence-electron chi connectivity index (χ1n) is 6.85. The van der Waals surface area contributed by atoms with Crippen molar-refractivity contribution < 1.29 is 19.7 Å². The molecule has 0 aliphatic heterocycles. The first-order chi connectivity index (χ1) is 10.6. The summed E-state index contributed by atoms with van der Waals surface area (Å²) < 4.78 is 5.02. The molecule has 2 aromatic rings. The van der Waals surface area contributed by atoms with Crippen LogP contribution in [-0.2, 0) is 16.0 Å². The summed E-state index contributed by atoms with van der Waals surface area (Å²) >= 11 is 0. The number of esters is 1. The highest BCUT2D eigenvalue weighted by Crippen LogP contribution is 2.25. The second kappa shape index (κ2) is 7.75. The minimum absolute atomic E-state index is 0.0502. The second-order valence-electron chi connectivity index (χ2n) is 4.65. The number of aromatic hydroxyl groups is 2. The molecule has 0 saturated carbocycles. The highest BCUT2D eigenvalue weighted by atomic mass is 16.5. The Hall–Kier alpha value is -2.93. The minimum atomic E-state index is -0.352. The number of hydrogen-bond acceptors (Lipinski definition) is 4. The molecule has 0 radical (unpaired) electrons. The van der Waals surface area contributed by atoms with Crippen molar-refractivity contribution in [3.63, 3.8) is 0 Å². The predicted octanol–water partition coefficient (Wildman–Crippen LogP) is 2.63. The van der Waals surface area contributed by atoms with Gasteiger partial charge in [0.25, 0.3) is 0 Å². The number of carbonyl (C=O) groups excluding carboxylic acids is 1. The van der Waals surface area contributed by atoms with Crippen molar-refractivity contribution in [2.24, 2.45) is 0 Å². The van der Waals surface area contributed by atoms with Crippen molar-refractivity contribution in [3.8, 4) is 23.3 Å². The molecular weight excluding hydrogens is 280 g/mol. The van der Waals surface area contributed by atoms with Gasteiger partial charge in [-0.25, -0.2) is 0 Å². The Morgan fingerprint density at radius 1 is 1.05 bits per heavy atom. The molecular formula is C18H16O4. The number of benzene rings is 2. The monoisotopic (exact) mass is 296 g/mol. The van der Waals surface area contributed by atoms with Gasteiger partial charge in [-0.15, -0.1) is 0 Å². The van der Waals surface area contributed by atoms with E-state index in [1.807, 2.05) is 30.3 Å². The summed E-state index contributed by atoms with van der Waals surface area (Å²) in [5.74, 6) is 4.96. The number of phenols is 2. The SMILES string of the molecule is O=C(CCc1ccc(O)c(O)c1)OCC#Cc1ccccc1. The summed E-state index contributed by atoms with van der Waals surface area (Å²) in [4.78, 5) is 11.6. The number of ether oxygens (including phenoxy) is 1. The number of rotatable bonds is 4. The Bertz CT molecular complexity index is 696. The summed E-state index contributed by atoms with van der Waals surface area (Å²) in [6.45, 7) is 0.0502. The molecule has 0 unspecified atom stereocenters. The smallest absolute Gasteiger partial charge is 0.307 e. The van der Waals surface area contributed by atoms with Gasteiger partial charge in [0.2, 0.25) is 0 Å². The summed E-state index contributed by atoms with van der Waals surface area (Å²) in [5, 5.41) is 18.6. The van der Waals surface area contributed by atoms with E-state index in [9.17, 15) is 15.0 Å². The molecule has 112 valence electrons. The van der Waals surface area contributed by atoms with Crippen molar-refractivity contribution in [1.82, 2.24) is 0 Å². The Morgan fingerprint density at radius 2 is 1.82 bits per heavy atom. The fourth-order valence-corrected chi connectivity index (χ4v) is 1.82. The van der Waals surface area contributed by atoms with E-state index in [1.165, 1.54) is 12.1 Å². The first-order valence-corrected chi connectivity index (χ1v) is 6.85. The zero-order valence-corrected chi connectivity index (χ0v) is 12.0. The number of hydrogen-bond donors (Lipinski definition) is 2. The van der Waals surface area contributed by atoms with E-state index in [0.717, 1.165) is 11.1 Å². The van der Waals surface area contributed by atoms with Crippen LogP contribution in [0.3, 0.4) is 0 Å². The quantitative estimate of drug-likeness (QED) is 0.517. The molecule has 22 heavy (non-hydrogen) atoms. The van der Waals surface area contributed by atoms with Crippen LogP contribution in [0.1, 0.15) is 17.5 Å². The van der Waals surface area contributed by atoms with Gasteiger partial charge in [-0.2, -0.15) is 0 Å². The first kappa shape index (κ1) is 15.5. The Morgan fingerprint density at radius 3 is 2.55 bits per heavy atom. The van der Waals surface area contributed by atoms with Gasteiger partial charge in [0.15, 0.2) is 18.1 Å².